The van der Waals surface area contributed by atoms with Crippen molar-refractivity contribution in [2.75, 3.05) is 19.7 Å². The van der Waals surface area contributed by atoms with E-state index >= 15 is 0 Å². The Morgan fingerprint density at radius 3 is 2.91 bits per heavy atom. The highest BCUT2D eigenvalue weighted by Gasteiger charge is 2.26. The number of imidazole rings is 1. The van der Waals surface area contributed by atoms with E-state index in [2.05, 4.69) is 9.97 Å². The van der Waals surface area contributed by atoms with Crippen molar-refractivity contribution in [3.8, 4) is 0 Å². The first-order chi connectivity index (χ1) is 11.1. The summed E-state index contributed by atoms with van der Waals surface area (Å²) in [5, 5.41) is 0. The molecule has 0 unspecified atom stereocenters. The SMILES string of the molecule is Cc1cnc([C@@H]2CN(C(=O)CCc3ccc(F)cc3)CCO2)[nH]1. The highest BCUT2D eigenvalue weighted by Crippen LogP contribution is 2.20. The second-order valence-corrected chi connectivity index (χ2v) is 5.78. The maximum atomic E-state index is 12.9. The van der Waals surface area contributed by atoms with E-state index in [1.165, 1.54) is 12.1 Å². The summed E-state index contributed by atoms with van der Waals surface area (Å²) in [6, 6.07) is 6.28. The van der Waals surface area contributed by atoms with Crippen LogP contribution < -0.4 is 0 Å². The molecule has 0 radical (unpaired) electrons. The molecule has 1 aromatic heterocycles. The maximum absolute atomic E-state index is 12.9. The Kier molecular flexibility index (Phi) is 4.71. The van der Waals surface area contributed by atoms with Crippen molar-refractivity contribution in [1.29, 1.82) is 0 Å². The van der Waals surface area contributed by atoms with E-state index in [0.29, 0.717) is 32.5 Å². The first-order valence-electron chi connectivity index (χ1n) is 7.77. The third kappa shape index (κ3) is 3.96. The van der Waals surface area contributed by atoms with Gasteiger partial charge in [-0.15, -0.1) is 0 Å². The zero-order valence-corrected chi connectivity index (χ0v) is 13.1. The largest absolute Gasteiger partial charge is 0.367 e. The fraction of sp³-hybridized carbons (Fsp3) is 0.412. The van der Waals surface area contributed by atoms with E-state index < -0.39 is 0 Å². The predicted octanol–water partition coefficient (Wildman–Crippen LogP) is 2.39. The van der Waals surface area contributed by atoms with Gasteiger partial charge in [-0.1, -0.05) is 12.1 Å². The van der Waals surface area contributed by atoms with Crippen molar-refractivity contribution < 1.29 is 13.9 Å². The van der Waals surface area contributed by atoms with Crippen LogP contribution >= 0.6 is 0 Å². The molecule has 1 N–H and O–H groups in total. The minimum atomic E-state index is -0.259. The predicted molar refractivity (Wildman–Crippen MR) is 83.3 cm³/mol. The number of carbonyl (C=O) groups excluding carboxylic acids is 1. The average molecular weight is 317 g/mol. The van der Waals surface area contributed by atoms with Gasteiger partial charge in [-0.3, -0.25) is 4.79 Å². The number of aromatic nitrogens is 2. The molecular weight excluding hydrogens is 297 g/mol. The number of nitrogens with one attached hydrogen (secondary N) is 1. The van der Waals surface area contributed by atoms with E-state index in [9.17, 15) is 9.18 Å². The Bertz CT molecular complexity index is 669. The number of halogens is 1. The van der Waals surface area contributed by atoms with Gasteiger partial charge >= 0.3 is 0 Å². The van der Waals surface area contributed by atoms with E-state index in [4.69, 9.17) is 4.74 Å². The summed E-state index contributed by atoms with van der Waals surface area (Å²) < 4.78 is 18.6. The number of hydrogen-bond donors (Lipinski definition) is 1. The number of morpholine rings is 1. The number of ether oxygens (including phenoxy) is 1. The Morgan fingerprint density at radius 2 is 2.22 bits per heavy atom. The zero-order chi connectivity index (χ0) is 16.2. The van der Waals surface area contributed by atoms with Gasteiger partial charge in [0, 0.05) is 24.9 Å². The fourth-order valence-electron chi connectivity index (χ4n) is 2.70. The van der Waals surface area contributed by atoms with Crippen molar-refractivity contribution in [3.05, 3.63) is 53.4 Å². The molecule has 1 fully saturated rings. The van der Waals surface area contributed by atoms with Gasteiger partial charge < -0.3 is 14.6 Å². The Balaban J connectivity index is 1.55. The summed E-state index contributed by atoms with van der Waals surface area (Å²) in [4.78, 5) is 21.6. The van der Waals surface area contributed by atoms with Crippen molar-refractivity contribution in [3.63, 3.8) is 0 Å². The van der Waals surface area contributed by atoms with Crippen LogP contribution in [0.5, 0.6) is 0 Å². The first kappa shape index (κ1) is 15.7. The average Bonchev–Trinajstić information content (AvgIpc) is 3.01. The van der Waals surface area contributed by atoms with Gasteiger partial charge in [-0.2, -0.15) is 0 Å². The smallest absolute Gasteiger partial charge is 0.223 e. The summed E-state index contributed by atoms with van der Waals surface area (Å²) in [6.45, 7) is 3.55. The molecule has 0 spiro atoms. The Hall–Kier alpha value is -2.21. The number of H-pyrrole nitrogens is 1. The third-order valence-electron chi connectivity index (χ3n) is 3.99. The van der Waals surface area contributed by atoms with Gasteiger partial charge in [0.05, 0.1) is 13.2 Å². The summed E-state index contributed by atoms with van der Waals surface area (Å²) in [5.41, 5.74) is 1.94. The molecule has 0 bridgehead atoms. The molecule has 0 aliphatic carbocycles. The van der Waals surface area contributed by atoms with Gasteiger partial charge in [0.25, 0.3) is 0 Å². The van der Waals surface area contributed by atoms with Crippen LogP contribution in [0.25, 0.3) is 0 Å². The van der Waals surface area contributed by atoms with Crippen molar-refractivity contribution >= 4 is 5.91 Å². The number of aryl methyl sites for hydroxylation is 2. The molecule has 0 saturated carbocycles. The number of hydrogen-bond acceptors (Lipinski definition) is 3. The van der Waals surface area contributed by atoms with Gasteiger partial charge in [0.15, 0.2) is 0 Å². The van der Waals surface area contributed by atoms with Crippen LogP contribution in [-0.4, -0.2) is 40.5 Å². The summed E-state index contributed by atoms with van der Waals surface area (Å²) >= 11 is 0. The lowest BCUT2D eigenvalue weighted by Crippen LogP contribution is -2.42. The summed E-state index contributed by atoms with van der Waals surface area (Å²) in [6.07, 6.45) is 2.58. The van der Waals surface area contributed by atoms with Crippen LogP contribution in [0.3, 0.4) is 0 Å². The molecule has 5 nitrogen and oxygen atoms in total. The molecule has 1 aliphatic heterocycles. The van der Waals surface area contributed by atoms with E-state index in [1.807, 2.05) is 11.8 Å². The lowest BCUT2D eigenvalue weighted by Gasteiger charge is -2.32. The molecule has 3 rings (SSSR count). The molecule has 1 aliphatic rings. The number of benzene rings is 1. The van der Waals surface area contributed by atoms with Crippen LogP contribution in [0.2, 0.25) is 0 Å². The molecule has 1 aromatic carbocycles. The second kappa shape index (κ2) is 6.91. The van der Waals surface area contributed by atoms with Gasteiger partial charge in [-0.05, 0) is 31.0 Å². The van der Waals surface area contributed by atoms with Crippen molar-refractivity contribution in [2.45, 2.75) is 25.9 Å². The van der Waals surface area contributed by atoms with Crippen LogP contribution in [0.15, 0.2) is 30.5 Å². The molecule has 23 heavy (non-hydrogen) atoms. The monoisotopic (exact) mass is 317 g/mol. The number of nitrogens with zero attached hydrogens (tertiary/aromatic N) is 2. The quantitative estimate of drug-likeness (QED) is 0.942. The number of amides is 1. The second-order valence-electron chi connectivity index (χ2n) is 5.78. The highest BCUT2D eigenvalue weighted by molar-refractivity contribution is 5.76. The highest BCUT2D eigenvalue weighted by atomic mass is 19.1. The summed E-state index contributed by atoms with van der Waals surface area (Å²) in [7, 11) is 0. The van der Waals surface area contributed by atoms with Crippen molar-refractivity contribution in [1.82, 2.24) is 14.9 Å². The standard InChI is InChI=1S/C17H20FN3O2/c1-12-10-19-17(20-12)15-11-21(8-9-23-15)16(22)7-4-13-2-5-14(18)6-3-13/h2-3,5-6,10,15H,4,7-9,11H2,1H3,(H,19,20)/t15-/m0/s1. The summed E-state index contributed by atoms with van der Waals surface area (Å²) in [5.74, 6) is 0.592. The Labute approximate surface area is 134 Å². The number of carbonyl (C=O) groups is 1. The van der Waals surface area contributed by atoms with Gasteiger partial charge in [0.2, 0.25) is 5.91 Å². The number of aromatic amines is 1. The first-order valence-corrected chi connectivity index (χ1v) is 7.77. The molecule has 2 aromatic rings. The molecular formula is C17H20FN3O2. The topological polar surface area (TPSA) is 58.2 Å². The Morgan fingerprint density at radius 1 is 1.43 bits per heavy atom. The van der Waals surface area contributed by atoms with Crippen LogP contribution in [0.1, 0.15) is 29.6 Å². The maximum Gasteiger partial charge on any atom is 0.223 e. The molecule has 1 atom stereocenters. The van der Waals surface area contributed by atoms with Crippen molar-refractivity contribution in [2.24, 2.45) is 0 Å². The van der Waals surface area contributed by atoms with Crippen LogP contribution in [-0.2, 0) is 16.0 Å². The van der Waals surface area contributed by atoms with Crippen LogP contribution in [0.4, 0.5) is 4.39 Å². The minimum Gasteiger partial charge on any atom is -0.367 e. The normalized spacial score (nSPS) is 18.2. The lowest BCUT2D eigenvalue weighted by molar-refractivity contribution is -0.139. The van der Waals surface area contributed by atoms with Crippen LogP contribution in [0, 0.1) is 12.7 Å². The van der Waals surface area contributed by atoms with Gasteiger partial charge in [0.1, 0.15) is 17.7 Å². The molecule has 122 valence electrons. The van der Waals surface area contributed by atoms with E-state index in [-0.39, 0.29) is 17.8 Å². The number of rotatable bonds is 4. The van der Waals surface area contributed by atoms with Gasteiger partial charge in [-0.25, -0.2) is 9.37 Å². The minimum absolute atomic E-state index is 0.0888. The van der Waals surface area contributed by atoms with E-state index in [0.717, 1.165) is 17.1 Å². The lowest BCUT2D eigenvalue weighted by atomic mass is 10.1. The third-order valence-corrected chi connectivity index (χ3v) is 3.99. The zero-order valence-electron chi connectivity index (χ0n) is 13.1. The molecule has 6 heteroatoms. The fourth-order valence-corrected chi connectivity index (χ4v) is 2.70. The molecule has 2 heterocycles. The molecule has 1 amide bonds. The van der Waals surface area contributed by atoms with E-state index in [1.54, 1.807) is 18.3 Å². The molecule has 1 saturated heterocycles.